The molecule has 12 nitrogen and oxygen atoms in total. The molecule has 2 aliphatic rings. The normalized spacial score (nSPS) is 19.6. The molecule has 5 aromatic rings. The SMILES string of the molecule is O=C1CCNC(=O)c2ccc(cc2)C[C@@H](C(=O)O)NC(=O)[C@@H](Cc2ccccc2)NC(=O)[C@@H](Cc2ccc(-c3ccccc3)cc2)NC(=O)[C@H](CCc2ccccc2)N1. The topological polar surface area (TPSA) is 183 Å². The number of aryl methyl sites for hydroxylation is 1. The molecule has 0 radical (unpaired) electrons. The van der Waals surface area contributed by atoms with E-state index in [2.05, 4.69) is 26.6 Å². The highest BCUT2D eigenvalue weighted by molar-refractivity contribution is 5.96. The third-order valence-corrected chi connectivity index (χ3v) is 10.2. The van der Waals surface area contributed by atoms with Crippen molar-refractivity contribution in [1.29, 1.82) is 0 Å². The lowest BCUT2D eigenvalue weighted by molar-refractivity contribution is -0.142. The van der Waals surface area contributed by atoms with Crippen molar-refractivity contribution in [2.75, 3.05) is 6.54 Å². The number of rotatable bonds is 9. The molecule has 0 aromatic heterocycles. The van der Waals surface area contributed by atoms with Gasteiger partial charge in [0.1, 0.15) is 24.2 Å². The van der Waals surface area contributed by atoms with Gasteiger partial charge in [-0.1, -0.05) is 127 Å². The number of carboxylic acid groups (broad SMARTS) is 1. The van der Waals surface area contributed by atoms with Crippen molar-refractivity contribution in [2.24, 2.45) is 0 Å². The number of nitrogens with one attached hydrogen (secondary N) is 5. The fourth-order valence-corrected chi connectivity index (χ4v) is 6.90. The van der Waals surface area contributed by atoms with Gasteiger partial charge < -0.3 is 31.7 Å². The number of hydrogen-bond acceptors (Lipinski definition) is 6. The highest BCUT2D eigenvalue weighted by atomic mass is 16.4. The van der Waals surface area contributed by atoms with Crippen LogP contribution in [0, 0.1) is 0 Å². The molecular weight excluding hydrogens is 747 g/mol. The van der Waals surface area contributed by atoms with E-state index in [0.717, 1.165) is 22.3 Å². The lowest BCUT2D eigenvalue weighted by Crippen LogP contribution is -2.59. The predicted octanol–water partition coefficient (Wildman–Crippen LogP) is 4.17. The first kappa shape index (κ1) is 41.6. The second-order valence-corrected chi connectivity index (χ2v) is 14.5. The number of carbonyl (C=O) groups excluding carboxylic acids is 5. The number of amides is 5. The summed E-state index contributed by atoms with van der Waals surface area (Å²) in [5.74, 6) is -4.22. The van der Waals surface area contributed by atoms with Crippen LogP contribution in [0.2, 0.25) is 0 Å². The van der Waals surface area contributed by atoms with E-state index >= 15 is 0 Å². The summed E-state index contributed by atoms with van der Waals surface area (Å²) in [6.45, 7) is -0.0145. The first-order valence-electron chi connectivity index (χ1n) is 19.6. The van der Waals surface area contributed by atoms with E-state index in [1.54, 1.807) is 36.4 Å². The molecule has 2 aliphatic heterocycles. The summed E-state index contributed by atoms with van der Waals surface area (Å²) < 4.78 is 0. The summed E-state index contributed by atoms with van der Waals surface area (Å²) >= 11 is 0. The van der Waals surface area contributed by atoms with E-state index in [-0.39, 0.29) is 38.6 Å². The molecule has 0 spiro atoms. The van der Waals surface area contributed by atoms with Crippen LogP contribution in [0.1, 0.15) is 45.5 Å². The zero-order chi connectivity index (χ0) is 41.6. The first-order chi connectivity index (χ1) is 28.6. The maximum atomic E-state index is 14.4. The van der Waals surface area contributed by atoms with Gasteiger partial charge in [-0.05, 0) is 58.4 Å². The highest BCUT2D eigenvalue weighted by Gasteiger charge is 2.32. The standard InChI is InChI=1S/C47H47N5O7/c53-42-26-27-48-43(54)37-23-18-34(19-24-37)30-41(47(58)59)52-46(57)39(28-32-12-6-2-7-13-32)51-45(56)40(29-33-16-21-36(22-17-33)35-14-8-3-9-15-35)50-44(55)38(49-42)25-20-31-10-4-1-5-11-31/h1-19,21-24,38-41H,20,25-30H2,(H,48,54)(H,49,53)(H,50,55)(H,51,56)(H,52,57)(H,58,59)/t38-,39+,40+,41-/m0/s1. The van der Waals surface area contributed by atoms with Crippen LogP contribution < -0.4 is 26.6 Å². The summed E-state index contributed by atoms with van der Waals surface area (Å²) in [5.41, 5.74) is 5.17. The quantitative estimate of drug-likeness (QED) is 0.121. The first-order valence-corrected chi connectivity index (χ1v) is 19.6. The summed E-state index contributed by atoms with van der Waals surface area (Å²) in [4.78, 5) is 81.4. The van der Waals surface area contributed by atoms with Gasteiger partial charge in [-0.3, -0.25) is 24.0 Å². The molecule has 5 amide bonds. The zero-order valence-electron chi connectivity index (χ0n) is 32.4. The van der Waals surface area contributed by atoms with E-state index in [1.807, 2.05) is 91.0 Å². The number of hydrogen-bond donors (Lipinski definition) is 6. The number of benzene rings is 5. The van der Waals surface area contributed by atoms with Gasteiger partial charge in [0.05, 0.1) is 0 Å². The minimum absolute atomic E-state index is 0.0145. The van der Waals surface area contributed by atoms with Crippen LogP contribution in [0.5, 0.6) is 0 Å². The minimum Gasteiger partial charge on any atom is -0.480 e. The fourth-order valence-electron chi connectivity index (χ4n) is 6.90. The van der Waals surface area contributed by atoms with Crippen molar-refractivity contribution in [3.63, 3.8) is 0 Å². The Kier molecular flexibility index (Phi) is 14.3. The van der Waals surface area contributed by atoms with E-state index in [0.29, 0.717) is 23.1 Å². The van der Waals surface area contributed by atoms with Crippen LogP contribution in [0.4, 0.5) is 0 Å². The highest BCUT2D eigenvalue weighted by Crippen LogP contribution is 2.20. The van der Waals surface area contributed by atoms with E-state index in [1.165, 1.54) is 12.1 Å². The van der Waals surface area contributed by atoms with Crippen molar-refractivity contribution in [3.8, 4) is 11.1 Å². The fraction of sp³-hybridized carbons (Fsp3) is 0.234. The van der Waals surface area contributed by atoms with Gasteiger partial charge >= 0.3 is 5.97 Å². The molecule has 0 saturated carbocycles. The van der Waals surface area contributed by atoms with E-state index in [9.17, 15) is 33.9 Å². The Morgan fingerprint density at radius 3 is 1.61 bits per heavy atom. The lowest BCUT2D eigenvalue weighted by Gasteiger charge is -2.26. The molecular formula is C47H47N5O7. The molecule has 59 heavy (non-hydrogen) atoms. The molecule has 2 bridgehead atoms. The number of carboxylic acids is 1. The van der Waals surface area contributed by atoms with E-state index < -0.39 is 59.7 Å². The van der Waals surface area contributed by atoms with Crippen molar-refractivity contribution < 1.29 is 33.9 Å². The van der Waals surface area contributed by atoms with Crippen LogP contribution in [0.15, 0.2) is 140 Å². The number of carbonyl (C=O) groups is 6. The third-order valence-electron chi connectivity index (χ3n) is 10.2. The van der Waals surface area contributed by atoms with Crippen LogP contribution in [0.25, 0.3) is 11.1 Å². The van der Waals surface area contributed by atoms with Crippen LogP contribution in [0.3, 0.4) is 0 Å². The Bertz CT molecular complexity index is 2220. The predicted molar refractivity (Wildman–Crippen MR) is 223 cm³/mol. The maximum absolute atomic E-state index is 14.4. The Morgan fingerprint density at radius 1 is 0.525 bits per heavy atom. The van der Waals surface area contributed by atoms with Gasteiger partial charge in [0.25, 0.3) is 5.91 Å². The summed E-state index contributed by atoms with van der Waals surface area (Å²) in [6, 6.07) is 37.2. The van der Waals surface area contributed by atoms with Gasteiger partial charge in [-0.25, -0.2) is 4.79 Å². The Hall–Kier alpha value is -7.08. The van der Waals surface area contributed by atoms with Crippen molar-refractivity contribution >= 4 is 35.5 Å². The second kappa shape index (κ2) is 20.4. The Balaban J connectivity index is 1.33. The van der Waals surface area contributed by atoms with Gasteiger partial charge in [0, 0.05) is 37.8 Å². The largest absolute Gasteiger partial charge is 0.480 e. The summed E-state index contributed by atoms with van der Waals surface area (Å²) in [6.07, 6.45) is 0.481. The second-order valence-electron chi connectivity index (χ2n) is 14.5. The molecule has 5 aromatic carbocycles. The van der Waals surface area contributed by atoms with E-state index in [4.69, 9.17) is 0 Å². The van der Waals surface area contributed by atoms with Crippen molar-refractivity contribution in [2.45, 2.75) is 62.7 Å². The molecule has 0 aliphatic carbocycles. The Labute approximate surface area is 342 Å². The van der Waals surface area contributed by atoms with Gasteiger partial charge in [-0.15, -0.1) is 0 Å². The van der Waals surface area contributed by atoms with Crippen molar-refractivity contribution in [1.82, 2.24) is 26.6 Å². The van der Waals surface area contributed by atoms with Gasteiger partial charge in [-0.2, -0.15) is 0 Å². The molecule has 6 N–H and O–H groups in total. The van der Waals surface area contributed by atoms with Crippen LogP contribution >= 0.6 is 0 Å². The van der Waals surface area contributed by atoms with Crippen molar-refractivity contribution in [3.05, 3.63) is 167 Å². The molecule has 12 heteroatoms. The molecule has 7 rings (SSSR count). The summed E-state index contributed by atoms with van der Waals surface area (Å²) in [5, 5.41) is 24.0. The number of fused-ring (bicyclic) bond motifs is 18. The molecule has 302 valence electrons. The monoisotopic (exact) mass is 793 g/mol. The Morgan fingerprint density at radius 2 is 1.02 bits per heavy atom. The maximum Gasteiger partial charge on any atom is 0.326 e. The van der Waals surface area contributed by atoms with Crippen LogP contribution in [-0.4, -0.2) is 71.3 Å². The molecule has 0 saturated heterocycles. The average Bonchev–Trinajstić information content (AvgIpc) is 3.25. The molecule has 0 unspecified atom stereocenters. The average molecular weight is 794 g/mol. The molecule has 2 heterocycles. The smallest absolute Gasteiger partial charge is 0.326 e. The molecule has 0 fully saturated rings. The van der Waals surface area contributed by atoms with Gasteiger partial charge in [0.15, 0.2) is 0 Å². The van der Waals surface area contributed by atoms with Gasteiger partial charge in [0.2, 0.25) is 23.6 Å². The lowest BCUT2D eigenvalue weighted by atomic mass is 9.98. The van der Waals surface area contributed by atoms with Crippen LogP contribution in [-0.2, 0) is 49.7 Å². The summed E-state index contributed by atoms with van der Waals surface area (Å²) in [7, 11) is 0. The third kappa shape index (κ3) is 12.2. The minimum atomic E-state index is -1.37. The zero-order valence-corrected chi connectivity index (χ0v) is 32.4. The molecule has 4 atom stereocenters. The number of aliphatic carboxylic acids is 1.